The van der Waals surface area contributed by atoms with Crippen LogP contribution in [0.2, 0.25) is 5.02 Å². The number of piperidine rings is 1. The lowest BCUT2D eigenvalue weighted by atomic mass is 10.0. The first-order valence-corrected chi connectivity index (χ1v) is 8.41. The molecule has 0 saturated carbocycles. The van der Waals surface area contributed by atoms with Gasteiger partial charge in [-0.2, -0.15) is 13.2 Å². The number of benzene rings is 1. The number of anilines is 1. The molecule has 1 unspecified atom stereocenters. The van der Waals surface area contributed by atoms with Crippen LogP contribution in [0.5, 0.6) is 0 Å². The van der Waals surface area contributed by atoms with Crippen molar-refractivity contribution in [3.05, 3.63) is 32.8 Å². The van der Waals surface area contributed by atoms with Gasteiger partial charge in [0.1, 0.15) is 5.69 Å². The van der Waals surface area contributed by atoms with Gasteiger partial charge in [-0.15, -0.1) is 0 Å². The molecule has 0 aromatic heterocycles. The van der Waals surface area contributed by atoms with Crippen LogP contribution in [-0.2, 0) is 6.18 Å². The summed E-state index contributed by atoms with van der Waals surface area (Å²) in [4.78, 5) is 25.6. The molecule has 1 atom stereocenters. The van der Waals surface area contributed by atoms with Gasteiger partial charge in [0.2, 0.25) is 0 Å². The fourth-order valence-electron chi connectivity index (χ4n) is 3.43. The van der Waals surface area contributed by atoms with Crippen LogP contribution in [0.4, 0.5) is 29.3 Å². The van der Waals surface area contributed by atoms with E-state index in [0.29, 0.717) is 38.7 Å². The third-order valence-corrected chi connectivity index (χ3v) is 4.95. The molecule has 2 fully saturated rings. The van der Waals surface area contributed by atoms with E-state index in [9.17, 15) is 28.1 Å². The minimum absolute atomic E-state index is 0.0392. The van der Waals surface area contributed by atoms with Gasteiger partial charge >= 0.3 is 12.2 Å². The Hall–Kier alpha value is -2.23. The maximum atomic E-state index is 13.0. The second-order valence-corrected chi connectivity index (χ2v) is 6.65. The summed E-state index contributed by atoms with van der Waals surface area (Å²) in [6.07, 6.45) is -3.39. The van der Waals surface area contributed by atoms with E-state index in [0.717, 1.165) is 12.5 Å². The summed E-state index contributed by atoms with van der Waals surface area (Å²) in [7, 11) is 0. The molecule has 2 aliphatic rings. The van der Waals surface area contributed by atoms with Crippen LogP contribution in [0, 0.1) is 10.1 Å². The maximum Gasteiger partial charge on any atom is 0.418 e. The van der Waals surface area contributed by atoms with Crippen molar-refractivity contribution >= 4 is 29.0 Å². The average Bonchev–Trinajstić information content (AvgIpc) is 2.99. The van der Waals surface area contributed by atoms with Gasteiger partial charge in [0.25, 0.3) is 5.69 Å². The number of hydrogen-bond donors (Lipinski definition) is 1. The second kappa shape index (κ2) is 6.82. The van der Waals surface area contributed by atoms with Crippen molar-refractivity contribution in [3.63, 3.8) is 0 Å². The summed E-state index contributed by atoms with van der Waals surface area (Å²) in [6.45, 7) is 1.80. The molecular weight excluding hydrogens is 377 g/mol. The molecular formula is C15H16ClF3N4O3. The Kier molecular flexibility index (Phi) is 4.87. The smallest absolute Gasteiger partial charge is 0.364 e. The Morgan fingerprint density at radius 2 is 2.04 bits per heavy atom. The van der Waals surface area contributed by atoms with E-state index in [1.807, 2.05) is 0 Å². The van der Waals surface area contributed by atoms with E-state index in [1.54, 1.807) is 9.80 Å². The lowest BCUT2D eigenvalue weighted by molar-refractivity contribution is -0.384. The van der Waals surface area contributed by atoms with Crippen molar-refractivity contribution in [2.45, 2.75) is 25.1 Å². The fraction of sp³-hybridized carbons (Fsp3) is 0.533. The predicted octanol–water partition coefficient (Wildman–Crippen LogP) is 3.26. The number of hydrogen-bond acceptors (Lipinski definition) is 4. The molecule has 1 N–H and O–H groups in total. The number of carbonyl (C=O) groups is 1. The van der Waals surface area contributed by atoms with E-state index in [2.05, 4.69) is 5.32 Å². The van der Waals surface area contributed by atoms with Crippen molar-refractivity contribution in [3.8, 4) is 0 Å². The van der Waals surface area contributed by atoms with E-state index in [-0.39, 0.29) is 17.8 Å². The third kappa shape index (κ3) is 3.50. The minimum atomic E-state index is -4.78. The van der Waals surface area contributed by atoms with Crippen LogP contribution in [0.3, 0.4) is 0 Å². The molecule has 142 valence electrons. The van der Waals surface area contributed by atoms with Crippen LogP contribution in [0.1, 0.15) is 18.4 Å². The van der Waals surface area contributed by atoms with Gasteiger partial charge in [0, 0.05) is 32.2 Å². The number of carbonyl (C=O) groups excluding carboxylic acids is 1. The summed E-state index contributed by atoms with van der Waals surface area (Å²) < 4.78 is 39.0. The number of halogens is 4. The zero-order chi connectivity index (χ0) is 19.1. The zero-order valence-corrected chi connectivity index (χ0v) is 14.3. The van der Waals surface area contributed by atoms with Gasteiger partial charge in [-0.3, -0.25) is 10.1 Å². The van der Waals surface area contributed by atoms with Crippen molar-refractivity contribution in [1.29, 1.82) is 0 Å². The first-order valence-electron chi connectivity index (χ1n) is 8.03. The van der Waals surface area contributed by atoms with Gasteiger partial charge in [-0.1, -0.05) is 11.6 Å². The Balaban J connectivity index is 1.93. The lowest BCUT2D eigenvalue weighted by Crippen LogP contribution is -2.49. The maximum absolute atomic E-state index is 13.0. The van der Waals surface area contributed by atoms with Gasteiger partial charge in [0.05, 0.1) is 21.6 Å². The van der Waals surface area contributed by atoms with E-state index in [1.165, 1.54) is 0 Å². The monoisotopic (exact) mass is 392 g/mol. The molecule has 26 heavy (non-hydrogen) atoms. The van der Waals surface area contributed by atoms with Crippen LogP contribution in [-0.4, -0.2) is 48.1 Å². The highest BCUT2D eigenvalue weighted by atomic mass is 35.5. The fourth-order valence-corrected chi connectivity index (χ4v) is 3.70. The summed E-state index contributed by atoms with van der Waals surface area (Å²) in [5.41, 5.74) is -1.84. The van der Waals surface area contributed by atoms with Crippen LogP contribution in [0.15, 0.2) is 12.1 Å². The average molecular weight is 393 g/mol. The largest absolute Gasteiger partial charge is 0.418 e. The summed E-state index contributed by atoms with van der Waals surface area (Å²) in [5.74, 6) is 0. The van der Waals surface area contributed by atoms with E-state index < -0.39 is 27.4 Å². The normalized spacial score (nSPS) is 21.1. The first kappa shape index (κ1) is 18.6. The standard InChI is InChI=1S/C15H16ClF3N4O3/c16-11-7-12(13(23(25)26)6-10(11)15(17,18)19)21-4-1-2-9(8-21)22-5-3-20-14(22)24/h6-7,9H,1-5,8H2,(H,20,24). The number of urea groups is 1. The Morgan fingerprint density at radius 3 is 2.62 bits per heavy atom. The SMILES string of the molecule is O=C1NCCN1C1CCCN(c2cc(Cl)c(C(F)(F)F)cc2[N+](=O)[O-])C1. The van der Waals surface area contributed by atoms with Crippen LogP contribution < -0.4 is 10.2 Å². The summed E-state index contributed by atoms with van der Waals surface area (Å²) >= 11 is 5.75. The van der Waals surface area contributed by atoms with Crippen molar-refractivity contribution in [1.82, 2.24) is 10.2 Å². The third-order valence-electron chi connectivity index (χ3n) is 4.63. The predicted molar refractivity (Wildman–Crippen MR) is 88.4 cm³/mol. The molecule has 0 spiro atoms. The number of nitro benzene ring substituents is 1. The van der Waals surface area contributed by atoms with Crippen LogP contribution in [0.25, 0.3) is 0 Å². The van der Waals surface area contributed by atoms with Gasteiger partial charge in [0.15, 0.2) is 0 Å². The molecule has 2 saturated heterocycles. The molecule has 11 heteroatoms. The topological polar surface area (TPSA) is 78.7 Å². The summed E-state index contributed by atoms with van der Waals surface area (Å²) in [5, 5.41) is 13.5. The highest BCUT2D eigenvalue weighted by molar-refractivity contribution is 6.31. The summed E-state index contributed by atoms with van der Waals surface area (Å²) in [6, 6.07) is 1.11. The van der Waals surface area contributed by atoms with Gasteiger partial charge in [-0.25, -0.2) is 4.79 Å². The number of nitrogens with zero attached hydrogens (tertiary/aromatic N) is 3. The number of rotatable bonds is 3. The molecule has 2 amide bonds. The molecule has 0 bridgehead atoms. The molecule has 7 nitrogen and oxygen atoms in total. The van der Waals surface area contributed by atoms with Crippen molar-refractivity contribution in [2.75, 3.05) is 31.1 Å². The number of nitrogens with one attached hydrogen (secondary N) is 1. The second-order valence-electron chi connectivity index (χ2n) is 6.24. The number of amides is 2. The zero-order valence-electron chi connectivity index (χ0n) is 13.6. The molecule has 2 heterocycles. The van der Waals surface area contributed by atoms with E-state index in [4.69, 9.17) is 11.6 Å². The van der Waals surface area contributed by atoms with Crippen molar-refractivity contribution in [2.24, 2.45) is 0 Å². The molecule has 0 aliphatic carbocycles. The molecule has 2 aliphatic heterocycles. The molecule has 0 radical (unpaired) electrons. The molecule has 1 aromatic rings. The highest BCUT2D eigenvalue weighted by Crippen LogP contribution is 2.42. The molecule has 1 aromatic carbocycles. The Labute approximate surface area is 151 Å². The van der Waals surface area contributed by atoms with Crippen LogP contribution >= 0.6 is 11.6 Å². The van der Waals surface area contributed by atoms with Gasteiger partial charge < -0.3 is 15.1 Å². The Morgan fingerprint density at radius 1 is 1.31 bits per heavy atom. The quantitative estimate of drug-likeness (QED) is 0.632. The Bertz CT molecular complexity index is 744. The number of alkyl halides is 3. The number of nitro groups is 1. The van der Waals surface area contributed by atoms with E-state index >= 15 is 0 Å². The minimum Gasteiger partial charge on any atom is -0.364 e. The van der Waals surface area contributed by atoms with Crippen molar-refractivity contribution < 1.29 is 22.9 Å². The van der Waals surface area contributed by atoms with Gasteiger partial charge in [-0.05, 0) is 18.9 Å². The molecule has 3 rings (SSSR count). The first-order chi connectivity index (χ1) is 12.2. The lowest BCUT2D eigenvalue weighted by Gasteiger charge is -2.38. The highest BCUT2D eigenvalue weighted by Gasteiger charge is 2.38.